The highest BCUT2D eigenvalue weighted by Crippen LogP contribution is 2.44. The van der Waals surface area contributed by atoms with E-state index in [9.17, 15) is 0 Å². The van der Waals surface area contributed by atoms with Crippen molar-refractivity contribution in [3.05, 3.63) is 0 Å². The average molecular weight is 479 g/mol. The minimum atomic E-state index is 0.211. The molecule has 0 amide bonds. The molecule has 0 aromatic heterocycles. The molecule has 0 unspecified atom stereocenters. The lowest BCUT2D eigenvalue weighted by molar-refractivity contribution is 0.168. The summed E-state index contributed by atoms with van der Waals surface area (Å²) in [5.41, 5.74) is 0.942. The van der Waals surface area contributed by atoms with Crippen LogP contribution in [0.5, 0.6) is 0 Å². The largest absolute Gasteiger partial charge is 0.312 e. The van der Waals surface area contributed by atoms with Gasteiger partial charge in [-0.15, -0.1) is 0 Å². The van der Waals surface area contributed by atoms with Crippen molar-refractivity contribution in [2.75, 3.05) is 6.54 Å². The van der Waals surface area contributed by atoms with Crippen molar-refractivity contribution < 1.29 is 0 Å². The van der Waals surface area contributed by atoms with Gasteiger partial charge in [0.05, 0.1) is 1.43 Å². The molecule has 0 aliphatic rings. The maximum absolute atomic E-state index is 3.64. The van der Waals surface area contributed by atoms with E-state index in [1.54, 1.807) is 0 Å². The van der Waals surface area contributed by atoms with Crippen molar-refractivity contribution in [2.24, 2.45) is 10.8 Å². The van der Waals surface area contributed by atoms with Gasteiger partial charge in [-0.3, -0.25) is 0 Å². The third-order valence-electron chi connectivity index (χ3n) is 2.84. The quantitative estimate of drug-likeness (QED) is 0.376. The van der Waals surface area contributed by atoms with Crippen LogP contribution in [0.1, 0.15) is 68.2 Å². The second-order valence-electron chi connectivity index (χ2n) is 8.36. The molecule has 0 aliphatic carbocycles. The summed E-state index contributed by atoms with van der Waals surface area (Å²) in [7, 11) is 0. The lowest BCUT2D eigenvalue weighted by Gasteiger charge is -2.39. The molecule has 0 saturated heterocycles. The summed E-state index contributed by atoms with van der Waals surface area (Å²) in [6.07, 6.45) is 2.50. The number of hydrogen-bond acceptors (Lipinski definition) is 1. The highest BCUT2D eigenvalue weighted by molar-refractivity contribution is 14.2. The van der Waals surface area contributed by atoms with Gasteiger partial charge in [0.1, 0.15) is 0 Å². The van der Waals surface area contributed by atoms with E-state index in [-0.39, 0.29) is 5.54 Å². The van der Waals surface area contributed by atoms with Gasteiger partial charge in [-0.2, -0.15) is 0 Å². The maximum atomic E-state index is 3.64. The first-order chi connectivity index (χ1) is 7.62. The van der Waals surface area contributed by atoms with Crippen molar-refractivity contribution in [2.45, 2.75) is 75.2 Å². The normalized spacial score (nSPS) is 15.0. The van der Waals surface area contributed by atoms with Crippen LogP contribution in [-0.2, 0) is 0 Å². The first-order valence-electron chi connectivity index (χ1n) is 6.75. The van der Waals surface area contributed by atoms with Gasteiger partial charge in [0, 0.05) is 12.1 Å². The molecule has 1 N–H and O–H groups in total. The van der Waals surface area contributed by atoms with Crippen LogP contribution in [0.4, 0.5) is 0 Å². The van der Waals surface area contributed by atoms with E-state index in [1.165, 1.54) is 12.8 Å². The summed E-state index contributed by atoms with van der Waals surface area (Å²) in [5.74, 6) is 0. The fraction of sp³-hybridized carbons (Fsp3) is 1.00. The molecule has 0 aromatic carbocycles. The molecule has 0 radical (unpaired) electrons. The average Bonchev–Trinajstić information content (AvgIpc) is 1.91. The second-order valence-corrected chi connectivity index (χ2v) is 15.2. The first-order valence-corrected chi connectivity index (χ1v) is 8.91. The van der Waals surface area contributed by atoms with Gasteiger partial charge in [-0.25, -0.2) is 0 Å². The molecule has 0 bridgehead atoms. The maximum Gasteiger partial charge on any atom is 0.0711 e. The molecule has 1 nitrogen and oxygen atoms in total. The third kappa shape index (κ3) is 11.3. The Morgan fingerprint density at radius 3 is 1.50 bits per heavy atom. The third-order valence-corrected chi connectivity index (χ3v) is 3.61. The zero-order chi connectivity index (χ0) is 14.8. The van der Waals surface area contributed by atoms with Crippen molar-refractivity contribution in [1.82, 2.24) is 5.32 Å². The van der Waals surface area contributed by atoms with Crippen molar-refractivity contribution in [3.63, 3.8) is 0 Å². The van der Waals surface area contributed by atoms with E-state index >= 15 is 0 Å². The fourth-order valence-corrected chi connectivity index (χ4v) is 4.83. The van der Waals surface area contributed by atoms with E-state index in [1.807, 2.05) is 0 Å². The number of nitrogens with one attached hydrogen (secondary N) is 1. The van der Waals surface area contributed by atoms with Crippen LogP contribution < -0.4 is 5.32 Å². The van der Waals surface area contributed by atoms with Crippen LogP contribution in [0.25, 0.3) is 0 Å². The zero-order valence-corrected chi connectivity index (χ0v) is 17.7. The standard InChI is InChI=1S/C15H31I2N/c1-12(2,3)18-11-14(6,7)9-13(4,5)10-15(8,16)17/h18H,9-11H2,1-8H3. The molecular formula is C15H31I2N. The monoisotopic (exact) mass is 479 g/mol. The highest BCUT2D eigenvalue weighted by Gasteiger charge is 2.33. The van der Waals surface area contributed by atoms with Gasteiger partial charge in [-0.1, -0.05) is 72.9 Å². The van der Waals surface area contributed by atoms with Crippen LogP contribution in [0.2, 0.25) is 0 Å². The van der Waals surface area contributed by atoms with E-state index in [4.69, 9.17) is 0 Å². The second kappa shape index (κ2) is 6.46. The lowest BCUT2D eigenvalue weighted by atomic mass is 9.72. The summed E-state index contributed by atoms with van der Waals surface area (Å²) in [6, 6.07) is 0. The van der Waals surface area contributed by atoms with E-state index < -0.39 is 0 Å². The number of rotatable bonds is 6. The topological polar surface area (TPSA) is 12.0 Å². The summed E-state index contributed by atoms with van der Waals surface area (Å²) in [4.78, 5) is 0. The molecule has 0 saturated carbocycles. The molecule has 18 heavy (non-hydrogen) atoms. The van der Waals surface area contributed by atoms with Gasteiger partial charge in [-0.05, 0) is 51.4 Å². The molecule has 0 atom stereocenters. The Hall–Kier alpha value is 1.42. The van der Waals surface area contributed by atoms with E-state index in [0.29, 0.717) is 12.3 Å². The van der Waals surface area contributed by atoms with E-state index in [0.717, 1.165) is 6.54 Å². The van der Waals surface area contributed by atoms with Gasteiger partial charge >= 0.3 is 0 Å². The number of hydrogen-bond donors (Lipinski definition) is 1. The SMILES string of the molecule is CC(I)(I)CC(C)(C)CC(C)(C)CNC(C)(C)C. The predicted octanol–water partition coefficient (Wildman–Crippen LogP) is 5.79. The predicted molar refractivity (Wildman–Crippen MR) is 101 cm³/mol. The van der Waals surface area contributed by atoms with Crippen molar-refractivity contribution >= 4 is 45.2 Å². The minimum absolute atomic E-state index is 0.211. The fourth-order valence-electron chi connectivity index (χ4n) is 2.77. The Bertz CT molecular complexity index is 257. The Morgan fingerprint density at radius 1 is 0.722 bits per heavy atom. The van der Waals surface area contributed by atoms with Crippen molar-refractivity contribution in [3.8, 4) is 0 Å². The molecule has 0 aliphatic heterocycles. The Morgan fingerprint density at radius 2 is 1.17 bits per heavy atom. The first kappa shape index (κ1) is 19.4. The smallest absolute Gasteiger partial charge is 0.0711 e. The molecule has 3 heteroatoms. The highest BCUT2D eigenvalue weighted by atomic mass is 127. The van der Waals surface area contributed by atoms with E-state index in [2.05, 4.69) is 106 Å². The summed E-state index contributed by atoms with van der Waals surface area (Å²) < 4.78 is 0.354. The lowest BCUT2D eigenvalue weighted by Crippen LogP contribution is -2.43. The zero-order valence-electron chi connectivity index (χ0n) is 13.4. The summed E-state index contributed by atoms with van der Waals surface area (Å²) in [6.45, 7) is 19.7. The molecule has 0 fully saturated rings. The number of halogens is 2. The number of alkyl halides is 2. The van der Waals surface area contributed by atoms with Crippen LogP contribution in [0, 0.1) is 10.8 Å². The van der Waals surface area contributed by atoms with Gasteiger partial charge in [0.25, 0.3) is 0 Å². The van der Waals surface area contributed by atoms with Gasteiger partial charge in [0.15, 0.2) is 0 Å². The molecule has 0 rings (SSSR count). The molecule has 0 spiro atoms. The van der Waals surface area contributed by atoms with Crippen LogP contribution in [-0.4, -0.2) is 13.5 Å². The Balaban J connectivity index is 4.47. The van der Waals surface area contributed by atoms with Gasteiger partial charge < -0.3 is 5.32 Å². The summed E-state index contributed by atoms with van der Waals surface area (Å²) in [5, 5.41) is 3.64. The minimum Gasteiger partial charge on any atom is -0.312 e. The van der Waals surface area contributed by atoms with Crippen molar-refractivity contribution in [1.29, 1.82) is 0 Å². The van der Waals surface area contributed by atoms with Crippen LogP contribution >= 0.6 is 45.2 Å². The molecule has 0 heterocycles. The van der Waals surface area contributed by atoms with Crippen LogP contribution in [0.15, 0.2) is 0 Å². The Labute approximate surface area is 142 Å². The molecular weight excluding hydrogens is 448 g/mol. The van der Waals surface area contributed by atoms with Crippen LogP contribution in [0.3, 0.4) is 0 Å². The summed E-state index contributed by atoms with van der Waals surface area (Å²) >= 11 is 5.12. The van der Waals surface area contributed by atoms with Gasteiger partial charge in [0.2, 0.25) is 0 Å². The molecule has 0 aromatic rings. The molecule has 110 valence electrons. The Kier molecular flexibility index (Phi) is 6.97.